The van der Waals surface area contributed by atoms with Gasteiger partial charge in [-0.15, -0.1) is 0 Å². The molecular weight excluding hydrogens is 332 g/mol. The Balaban J connectivity index is 2.19. The van der Waals surface area contributed by atoms with Crippen LogP contribution in [-0.2, 0) is 15.1 Å². The first-order valence-electron chi connectivity index (χ1n) is 8.21. The molecule has 1 aromatic rings. The molecule has 0 bridgehead atoms. The van der Waals surface area contributed by atoms with Crippen molar-refractivity contribution in [1.29, 1.82) is 0 Å². The summed E-state index contributed by atoms with van der Waals surface area (Å²) < 4.78 is 31.7. The van der Waals surface area contributed by atoms with E-state index in [1.807, 2.05) is 0 Å². The maximum absolute atomic E-state index is 13.3. The second-order valence-corrected chi connectivity index (χ2v) is 6.75. The van der Waals surface area contributed by atoms with Crippen LogP contribution in [-0.4, -0.2) is 30.0 Å². The van der Waals surface area contributed by atoms with Crippen molar-refractivity contribution in [3.8, 4) is 5.75 Å². The summed E-state index contributed by atoms with van der Waals surface area (Å²) in [6.07, 6.45) is -0.769. The number of methoxy groups -OCH3 is 1. The molecule has 0 heterocycles. The molecule has 0 saturated heterocycles. The number of ether oxygens (including phenoxy) is 1. The summed E-state index contributed by atoms with van der Waals surface area (Å²) in [5, 5.41) is 12.0. The average molecular weight is 355 g/mol. The molecule has 1 aliphatic rings. The maximum Gasteiger partial charge on any atom is 0.306 e. The molecule has 1 unspecified atom stereocenters. The third-order valence-electron chi connectivity index (χ3n) is 4.70. The van der Waals surface area contributed by atoms with Crippen LogP contribution in [0.2, 0.25) is 0 Å². The van der Waals surface area contributed by atoms with Crippen molar-refractivity contribution < 1.29 is 28.2 Å². The zero-order chi connectivity index (χ0) is 18.7. The Bertz CT molecular complexity index is 640. The summed E-state index contributed by atoms with van der Waals surface area (Å²) in [4.78, 5) is 23.9. The molecule has 5 nitrogen and oxygen atoms in total. The lowest BCUT2D eigenvalue weighted by Crippen LogP contribution is -2.48. The van der Waals surface area contributed by atoms with Crippen LogP contribution < -0.4 is 10.1 Å². The van der Waals surface area contributed by atoms with Gasteiger partial charge in [-0.1, -0.05) is 12.1 Å². The Labute approximate surface area is 145 Å². The quantitative estimate of drug-likeness (QED) is 0.821. The van der Waals surface area contributed by atoms with Gasteiger partial charge in [-0.2, -0.15) is 0 Å². The summed E-state index contributed by atoms with van der Waals surface area (Å²) in [5.41, 5.74) is -0.569. The molecule has 1 atom stereocenters. The predicted octanol–water partition coefficient (Wildman–Crippen LogP) is 3.33. The lowest BCUT2D eigenvalue weighted by molar-refractivity contribution is -0.139. The Hall–Kier alpha value is -2.18. The third kappa shape index (κ3) is 4.90. The van der Waals surface area contributed by atoms with Crippen LogP contribution in [0.1, 0.15) is 44.6 Å². The van der Waals surface area contributed by atoms with Crippen molar-refractivity contribution >= 4 is 11.9 Å². The molecule has 1 aromatic carbocycles. The van der Waals surface area contributed by atoms with Crippen LogP contribution in [0.15, 0.2) is 24.3 Å². The second-order valence-electron chi connectivity index (χ2n) is 6.75. The normalized spacial score (nSPS) is 19.7. The fraction of sp³-hybridized carbons (Fsp3) is 0.556. The summed E-state index contributed by atoms with van der Waals surface area (Å²) >= 11 is 0. The van der Waals surface area contributed by atoms with E-state index in [0.717, 1.165) is 0 Å². The number of hydrogen-bond acceptors (Lipinski definition) is 3. The average Bonchev–Trinajstić information content (AvgIpc) is 2.54. The van der Waals surface area contributed by atoms with E-state index in [9.17, 15) is 23.5 Å². The molecule has 1 aliphatic carbocycles. The summed E-state index contributed by atoms with van der Waals surface area (Å²) in [6.45, 7) is 1.62. The number of carboxylic acids is 1. The topological polar surface area (TPSA) is 75.6 Å². The Morgan fingerprint density at radius 1 is 1.36 bits per heavy atom. The Morgan fingerprint density at radius 2 is 2.00 bits per heavy atom. The predicted molar refractivity (Wildman–Crippen MR) is 87.6 cm³/mol. The molecule has 1 fully saturated rings. The van der Waals surface area contributed by atoms with Gasteiger partial charge in [-0.25, -0.2) is 8.78 Å². The minimum absolute atomic E-state index is 0.0973. The van der Waals surface area contributed by atoms with E-state index in [4.69, 9.17) is 4.74 Å². The number of rotatable bonds is 6. The van der Waals surface area contributed by atoms with Gasteiger partial charge in [0, 0.05) is 18.8 Å². The molecule has 2 rings (SSSR count). The lowest BCUT2D eigenvalue weighted by Gasteiger charge is -2.34. The first-order valence-corrected chi connectivity index (χ1v) is 8.21. The van der Waals surface area contributed by atoms with Gasteiger partial charge in [0.2, 0.25) is 11.8 Å². The number of hydrogen-bond donors (Lipinski definition) is 2. The van der Waals surface area contributed by atoms with E-state index in [1.54, 1.807) is 31.2 Å². The number of carbonyl (C=O) groups excluding carboxylic acids is 1. The summed E-state index contributed by atoms with van der Waals surface area (Å²) in [7, 11) is 1.49. The standard InChI is InChI=1S/C18H23F2NO4/c1-17(11-15(22)23,13-4-3-5-14(10-13)25-2)21-16(24)12-6-8-18(19,20)9-7-12/h3-5,10,12H,6-9,11H2,1-2H3,(H,21,24)(H,22,23). The number of amides is 1. The van der Waals surface area contributed by atoms with Crippen LogP contribution in [0, 0.1) is 5.92 Å². The minimum Gasteiger partial charge on any atom is -0.497 e. The fourth-order valence-electron chi connectivity index (χ4n) is 3.16. The Morgan fingerprint density at radius 3 is 2.56 bits per heavy atom. The van der Waals surface area contributed by atoms with E-state index in [2.05, 4.69) is 5.32 Å². The van der Waals surface area contributed by atoms with E-state index in [1.165, 1.54) is 7.11 Å². The number of nitrogens with one attached hydrogen (secondary N) is 1. The van der Waals surface area contributed by atoms with Gasteiger partial charge in [0.1, 0.15) is 5.75 Å². The van der Waals surface area contributed by atoms with Crippen LogP contribution in [0.25, 0.3) is 0 Å². The molecule has 0 radical (unpaired) electrons. The van der Waals surface area contributed by atoms with Gasteiger partial charge in [-0.05, 0) is 37.5 Å². The summed E-state index contributed by atoms with van der Waals surface area (Å²) in [6, 6.07) is 6.80. The molecule has 25 heavy (non-hydrogen) atoms. The van der Waals surface area contributed by atoms with Gasteiger partial charge in [0.05, 0.1) is 19.1 Å². The van der Waals surface area contributed by atoms with Crippen LogP contribution >= 0.6 is 0 Å². The molecule has 138 valence electrons. The maximum atomic E-state index is 13.3. The molecule has 0 aromatic heterocycles. The third-order valence-corrected chi connectivity index (χ3v) is 4.70. The summed E-state index contributed by atoms with van der Waals surface area (Å²) in [5.74, 6) is -4.16. The highest BCUT2D eigenvalue weighted by molar-refractivity contribution is 5.81. The number of aliphatic carboxylic acids is 1. The largest absolute Gasteiger partial charge is 0.497 e. The molecular formula is C18H23F2NO4. The van der Waals surface area contributed by atoms with Gasteiger partial charge in [0.15, 0.2) is 0 Å². The van der Waals surface area contributed by atoms with E-state index >= 15 is 0 Å². The first-order chi connectivity index (χ1) is 11.6. The highest BCUT2D eigenvalue weighted by Gasteiger charge is 2.40. The van der Waals surface area contributed by atoms with Crippen molar-refractivity contribution in [2.45, 2.75) is 50.5 Å². The molecule has 0 spiro atoms. The van der Waals surface area contributed by atoms with Crippen LogP contribution in [0.3, 0.4) is 0 Å². The van der Waals surface area contributed by atoms with Gasteiger partial charge in [0.25, 0.3) is 0 Å². The van der Waals surface area contributed by atoms with Crippen molar-refractivity contribution in [3.63, 3.8) is 0 Å². The number of carboxylic acid groups (broad SMARTS) is 1. The van der Waals surface area contributed by atoms with E-state index < -0.39 is 23.3 Å². The number of alkyl halides is 2. The zero-order valence-corrected chi connectivity index (χ0v) is 14.4. The second kappa shape index (κ2) is 7.37. The first kappa shape index (κ1) is 19.1. The van der Waals surface area contributed by atoms with Crippen molar-refractivity contribution in [1.82, 2.24) is 5.32 Å². The Kier molecular flexibility index (Phi) is 5.65. The highest BCUT2D eigenvalue weighted by Crippen LogP contribution is 2.37. The SMILES string of the molecule is COc1cccc(C(C)(CC(=O)O)NC(=O)C2CCC(F)(F)CC2)c1. The fourth-order valence-corrected chi connectivity index (χ4v) is 3.16. The van der Waals surface area contributed by atoms with Crippen LogP contribution in [0.4, 0.5) is 8.78 Å². The monoisotopic (exact) mass is 355 g/mol. The highest BCUT2D eigenvalue weighted by atomic mass is 19.3. The number of carbonyl (C=O) groups is 2. The number of benzene rings is 1. The molecule has 2 N–H and O–H groups in total. The number of halogens is 2. The molecule has 7 heteroatoms. The lowest BCUT2D eigenvalue weighted by atomic mass is 9.83. The molecule has 0 aliphatic heterocycles. The molecule has 1 amide bonds. The van der Waals surface area contributed by atoms with Crippen molar-refractivity contribution in [3.05, 3.63) is 29.8 Å². The van der Waals surface area contributed by atoms with Gasteiger partial charge >= 0.3 is 5.97 Å². The van der Waals surface area contributed by atoms with Gasteiger partial charge in [-0.3, -0.25) is 9.59 Å². The smallest absolute Gasteiger partial charge is 0.306 e. The van der Waals surface area contributed by atoms with Crippen LogP contribution in [0.5, 0.6) is 5.75 Å². The van der Waals surface area contributed by atoms with Gasteiger partial charge < -0.3 is 15.2 Å². The van der Waals surface area contributed by atoms with E-state index in [0.29, 0.717) is 11.3 Å². The molecule has 1 saturated carbocycles. The van der Waals surface area contributed by atoms with Crippen molar-refractivity contribution in [2.75, 3.05) is 7.11 Å². The minimum atomic E-state index is -2.71. The van der Waals surface area contributed by atoms with E-state index in [-0.39, 0.29) is 38.0 Å². The van der Waals surface area contributed by atoms with Crippen molar-refractivity contribution in [2.24, 2.45) is 5.92 Å². The zero-order valence-electron chi connectivity index (χ0n) is 14.4.